The highest BCUT2D eigenvalue weighted by Gasteiger charge is 2.18. The van der Waals surface area contributed by atoms with Gasteiger partial charge in [-0.25, -0.2) is 8.78 Å². The zero-order valence-corrected chi connectivity index (χ0v) is 9.93. The third kappa shape index (κ3) is 3.66. The summed E-state index contributed by atoms with van der Waals surface area (Å²) in [6.45, 7) is 3.22. The van der Waals surface area contributed by atoms with E-state index in [4.69, 9.17) is 5.11 Å². The lowest BCUT2D eigenvalue weighted by atomic mass is 10.3. The highest BCUT2D eigenvalue weighted by molar-refractivity contribution is 5.92. The van der Waals surface area contributed by atoms with Crippen LogP contribution in [-0.2, 0) is 6.54 Å². The monoisotopic (exact) mass is 258 g/mol. The zero-order chi connectivity index (χ0) is 13.5. The molecule has 0 aliphatic rings. The van der Waals surface area contributed by atoms with Gasteiger partial charge >= 0.3 is 0 Å². The average Bonchev–Trinajstić information content (AvgIpc) is 2.75. The number of hydrogen-bond acceptors (Lipinski definition) is 2. The second-order valence-electron chi connectivity index (χ2n) is 3.70. The highest BCUT2D eigenvalue weighted by Crippen LogP contribution is 2.09. The van der Waals surface area contributed by atoms with Gasteiger partial charge in [0.15, 0.2) is 0 Å². The Labute approximate surface area is 104 Å². The summed E-state index contributed by atoms with van der Waals surface area (Å²) in [5.41, 5.74) is 0.186. The van der Waals surface area contributed by atoms with Crippen molar-refractivity contribution in [2.24, 2.45) is 0 Å². The molecule has 100 valence electrons. The normalized spacial score (nSPS) is 10.7. The molecule has 0 aliphatic heterocycles. The van der Waals surface area contributed by atoms with Gasteiger partial charge < -0.3 is 14.6 Å². The van der Waals surface area contributed by atoms with E-state index in [2.05, 4.69) is 6.58 Å². The lowest BCUT2D eigenvalue weighted by molar-refractivity contribution is 0.0722. The number of carbonyl (C=O) groups excluding carboxylic acids is 1. The van der Waals surface area contributed by atoms with Crippen molar-refractivity contribution in [1.82, 2.24) is 9.47 Å². The summed E-state index contributed by atoms with van der Waals surface area (Å²) in [5.74, 6) is -0.394. The number of halogens is 2. The molecule has 0 atom stereocenters. The third-order valence-electron chi connectivity index (χ3n) is 2.39. The molecular weight excluding hydrogens is 242 g/mol. The minimum atomic E-state index is -2.52. The first-order valence-corrected chi connectivity index (χ1v) is 5.54. The van der Waals surface area contributed by atoms with Gasteiger partial charge in [-0.2, -0.15) is 0 Å². The van der Waals surface area contributed by atoms with Gasteiger partial charge in [-0.15, -0.1) is 6.58 Å². The first kappa shape index (κ1) is 14.4. The predicted octanol–water partition coefficient (Wildman–Crippen LogP) is 1.37. The molecule has 1 rings (SSSR count). The van der Waals surface area contributed by atoms with Crippen LogP contribution in [0.4, 0.5) is 8.78 Å². The van der Waals surface area contributed by atoms with Gasteiger partial charge in [-0.3, -0.25) is 4.79 Å². The fraction of sp³-hybridized carbons (Fsp3) is 0.417. The van der Waals surface area contributed by atoms with Gasteiger partial charge in [0.2, 0.25) is 0 Å². The smallest absolute Gasteiger partial charge is 0.270 e. The van der Waals surface area contributed by atoms with Gasteiger partial charge in [-0.1, -0.05) is 6.08 Å². The summed E-state index contributed by atoms with van der Waals surface area (Å²) >= 11 is 0. The standard InChI is InChI=1S/C12H16F2N2O2/c1-2-5-15(7-8-17)12(18)10-4-3-6-16(10)9-11(13)14/h2-4,6,11,17H,1,5,7-9H2. The summed E-state index contributed by atoms with van der Waals surface area (Å²) in [4.78, 5) is 13.4. The van der Waals surface area contributed by atoms with Crippen molar-refractivity contribution >= 4 is 5.91 Å². The molecule has 0 saturated heterocycles. The van der Waals surface area contributed by atoms with Crippen molar-refractivity contribution in [2.75, 3.05) is 19.7 Å². The van der Waals surface area contributed by atoms with Crippen molar-refractivity contribution in [3.63, 3.8) is 0 Å². The van der Waals surface area contributed by atoms with Crippen molar-refractivity contribution in [1.29, 1.82) is 0 Å². The molecule has 1 aromatic rings. The number of hydrogen-bond donors (Lipinski definition) is 1. The Bertz CT molecular complexity index is 405. The predicted molar refractivity (Wildman–Crippen MR) is 63.6 cm³/mol. The van der Waals surface area contributed by atoms with Crippen LogP contribution >= 0.6 is 0 Å². The van der Waals surface area contributed by atoms with E-state index in [1.54, 1.807) is 6.07 Å². The Balaban J connectivity index is 2.86. The van der Waals surface area contributed by atoms with E-state index in [-0.39, 0.29) is 25.4 Å². The molecule has 0 fully saturated rings. The summed E-state index contributed by atoms with van der Waals surface area (Å²) in [6, 6.07) is 3.03. The highest BCUT2D eigenvalue weighted by atomic mass is 19.3. The first-order chi connectivity index (χ1) is 8.60. The first-order valence-electron chi connectivity index (χ1n) is 5.54. The van der Waals surface area contributed by atoms with Crippen LogP contribution in [0.25, 0.3) is 0 Å². The van der Waals surface area contributed by atoms with Crippen LogP contribution in [-0.4, -0.2) is 46.6 Å². The third-order valence-corrected chi connectivity index (χ3v) is 2.39. The number of nitrogens with zero attached hydrogens (tertiary/aromatic N) is 2. The fourth-order valence-electron chi connectivity index (χ4n) is 1.63. The maximum atomic E-state index is 12.3. The number of aromatic nitrogens is 1. The van der Waals surface area contributed by atoms with E-state index in [1.807, 2.05) is 0 Å². The van der Waals surface area contributed by atoms with Crippen LogP contribution < -0.4 is 0 Å². The van der Waals surface area contributed by atoms with Crippen molar-refractivity contribution < 1.29 is 18.7 Å². The number of alkyl halides is 2. The second-order valence-corrected chi connectivity index (χ2v) is 3.70. The van der Waals surface area contributed by atoms with Gasteiger partial charge in [-0.05, 0) is 12.1 Å². The number of carbonyl (C=O) groups is 1. The Morgan fingerprint density at radius 1 is 1.61 bits per heavy atom. The van der Waals surface area contributed by atoms with Gasteiger partial charge in [0.05, 0.1) is 13.2 Å². The minimum Gasteiger partial charge on any atom is -0.395 e. The quantitative estimate of drug-likeness (QED) is 0.751. The molecule has 18 heavy (non-hydrogen) atoms. The van der Waals surface area contributed by atoms with Crippen LogP contribution in [0, 0.1) is 0 Å². The average molecular weight is 258 g/mol. The van der Waals surface area contributed by atoms with E-state index in [1.165, 1.54) is 27.8 Å². The van der Waals surface area contributed by atoms with Crippen LogP contribution in [0.5, 0.6) is 0 Å². The Morgan fingerprint density at radius 2 is 2.33 bits per heavy atom. The molecule has 0 saturated carbocycles. The Kier molecular flexibility index (Phi) is 5.51. The largest absolute Gasteiger partial charge is 0.395 e. The number of rotatable bonds is 7. The van der Waals surface area contributed by atoms with Gasteiger partial charge in [0, 0.05) is 19.3 Å². The molecule has 0 radical (unpaired) electrons. The molecule has 1 N–H and O–H groups in total. The molecule has 1 heterocycles. The van der Waals surface area contributed by atoms with Crippen LogP contribution in [0.2, 0.25) is 0 Å². The maximum Gasteiger partial charge on any atom is 0.270 e. The number of amides is 1. The molecule has 0 bridgehead atoms. The molecule has 0 unspecified atom stereocenters. The topological polar surface area (TPSA) is 45.5 Å². The Hall–Kier alpha value is -1.69. The lowest BCUT2D eigenvalue weighted by Gasteiger charge is -2.20. The van der Waals surface area contributed by atoms with Crippen molar-refractivity contribution in [3.05, 3.63) is 36.7 Å². The van der Waals surface area contributed by atoms with Crippen molar-refractivity contribution in [3.8, 4) is 0 Å². The molecule has 0 aliphatic carbocycles. The second kappa shape index (κ2) is 6.90. The summed E-state index contributed by atoms with van der Waals surface area (Å²) in [5, 5.41) is 8.87. The van der Waals surface area contributed by atoms with Gasteiger partial charge in [0.1, 0.15) is 5.69 Å². The number of aliphatic hydroxyl groups excluding tert-OH is 1. The molecule has 4 nitrogen and oxygen atoms in total. The molecule has 0 aromatic carbocycles. The summed E-state index contributed by atoms with van der Waals surface area (Å²) in [7, 11) is 0. The van der Waals surface area contributed by atoms with Crippen LogP contribution in [0.15, 0.2) is 31.0 Å². The molecular formula is C12H16F2N2O2. The number of aliphatic hydroxyl groups is 1. The molecule has 1 aromatic heterocycles. The van der Waals surface area contributed by atoms with Gasteiger partial charge in [0.25, 0.3) is 12.3 Å². The molecule has 1 amide bonds. The van der Waals surface area contributed by atoms with Crippen LogP contribution in [0.3, 0.4) is 0 Å². The summed E-state index contributed by atoms with van der Waals surface area (Å²) in [6.07, 6.45) is 0.438. The molecule has 6 heteroatoms. The lowest BCUT2D eigenvalue weighted by Crippen LogP contribution is -2.35. The van der Waals surface area contributed by atoms with E-state index in [0.29, 0.717) is 0 Å². The summed E-state index contributed by atoms with van der Waals surface area (Å²) < 4.78 is 25.9. The maximum absolute atomic E-state index is 12.3. The van der Waals surface area contributed by atoms with E-state index < -0.39 is 18.9 Å². The zero-order valence-electron chi connectivity index (χ0n) is 9.93. The fourth-order valence-corrected chi connectivity index (χ4v) is 1.63. The van der Waals surface area contributed by atoms with E-state index >= 15 is 0 Å². The Morgan fingerprint density at radius 3 is 2.89 bits per heavy atom. The minimum absolute atomic E-state index is 0.144. The molecule has 0 spiro atoms. The van der Waals surface area contributed by atoms with Crippen LogP contribution in [0.1, 0.15) is 10.5 Å². The van der Waals surface area contributed by atoms with E-state index in [9.17, 15) is 13.6 Å². The van der Waals surface area contributed by atoms with E-state index in [0.717, 1.165) is 0 Å². The SMILES string of the molecule is C=CCN(CCO)C(=O)c1cccn1CC(F)F. The van der Waals surface area contributed by atoms with Crippen molar-refractivity contribution in [2.45, 2.75) is 13.0 Å².